The summed E-state index contributed by atoms with van der Waals surface area (Å²) in [7, 11) is 3.28. The van der Waals surface area contributed by atoms with Gasteiger partial charge in [-0.05, 0) is 24.3 Å². The number of carbonyl (C=O) groups is 2. The largest absolute Gasteiger partial charge is 0.465 e. The molecule has 0 radical (unpaired) electrons. The summed E-state index contributed by atoms with van der Waals surface area (Å²) < 4.78 is 6.82. The number of aromatic nitrogens is 2. The molecule has 6 nitrogen and oxygen atoms in total. The van der Waals surface area contributed by atoms with Crippen molar-refractivity contribution in [2.24, 2.45) is 7.05 Å². The smallest absolute Gasteiger partial charge is 0.339 e. The second-order valence-corrected chi connectivity index (χ2v) is 7.03. The number of benzene rings is 2. The minimum absolute atomic E-state index is 0.294. The summed E-state index contributed by atoms with van der Waals surface area (Å²) in [5.74, 6) is -0.886. The second kappa shape index (κ2) is 7.28. The average Bonchev–Trinajstić information content (AvgIpc) is 3.33. The Labute approximate surface area is 165 Å². The molecule has 0 atom stereocenters. The zero-order valence-electron chi connectivity index (χ0n) is 15.3. The van der Waals surface area contributed by atoms with E-state index in [9.17, 15) is 9.59 Å². The Morgan fingerprint density at radius 1 is 1.11 bits per heavy atom. The Kier molecular flexibility index (Phi) is 4.67. The van der Waals surface area contributed by atoms with Gasteiger partial charge in [-0.3, -0.25) is 4.79 Å². The van der Waals surface area contributed by atoms with Crippen LogP contribution in [0.3, 0.4) is 0 Å². The normalized spacial score (nSPS) is 10.8. The first-order valence-electron chi connectivity index (χ1n) is 8.57. The van der Waals surface area contributed by atoms with Crippen LogP contribution in [-0.2, 0) is 11.8 Å². The lowest BCUT2D eigenvalue weighted by atomic mass is 10.2. The summed E-state index contributed by atoms with van der Waals surface area (Å²) in [6, 6.07) is 16.8. The molecule has 0 saturated heterocycles. The molecule has 7 heteroatoms. The number of nitrogens with zero attached hydrogens (tertiary/aromatic N) is 2. The lowest BCUT2D eigenvalue weighted by Gasteiger charge is -2.08. The number of para-hydroxylation sites is 2. The van der Waals surface area contributed by atoms with Crippen molar-refractivity contribution in [3.05, 3.63) is 71.2 Å². The highest BCUT2D eigenvalue weighted by molar-refractivity contribution is 7.13. The second-order valence-electron chi connectivity index (χ2n) is 6.18. The topological polar surface area (TPSA) is 73.2 Å². The molecule has 140 valence electrons. The Hall–Kier alpha value is -3.45. The summed E-state index contributed by atoms with van der Waals surface area (Å²) in [4.78, 5) is 29.0. The standard InChI is InChI=1S/C21H17N3O3S/c1-24-17-10-6-3-7-13(17)11-18(24)20-23-16(12-28-20)19(25)22-15-9-5-4-8-14(15)21(26)27-2/h3-12H,1-2H3,(H,22,25). The summed E-state index contributed by atoms with van der Waals surface area (Å²) in [6.07, 6.45) is 0. The van der Waals surface area contributed by atoms with Crippen LogP contribution in [0.2, 0.25) is 0 Å². The molecule has 0 unspecified atom stereocenters. The van der Waals surface area contributed by atoms with Gasteiger partial charge in [-0.25, -0.2) is 9.78 Å². The molecule has 0 bridgehead atoms. The van der Waals surface area contributed by atoms with Crippen LogP contribution in [0, 0.1) is 0 Å². The molecule has 2 heterocycles. The molecule has 1 amide bonds. The van der Waals surface area contributed by atoms with Gasteiger partial charge in [0.2, 0.25) is 0 Å². The van der Waals surface area contributed by atoms with Crippen molar-refractivity contribution >= 4 is 39.8 Å². The number of rotatable bonds is 4. The molecule has 28 heavy (non-hydrogen) atoms. The lowest BCUT2D eigenvalue weighted by Crippen LogP contribution is -2.15. The molecule has 0 saturated carbocycles. The third-order valence-corrected chi connectivity index (χ3v) is 5.35. The maximum atomic E-state index is 12.7. The minimum atomic E-state index is -0.509. The third-order valence-electron chi connectivity index (χ3n) is 4.49. The van der Waals surface area contributed by atoms with Crippen molar-refractivity contribution < 1.29 is 14.3 Å². The molecule has 0 aliphatic heterocycles. The highest BCUT2D eigenvalue weighted by Crippen LogP contribution is 2.29. The van der Waals surface area contributed by atoms with Crippen molar-refractivity contribution in [2.45, 2.75) is 0 Å². The summed E-state index contributed by atoms with van der Waals surface area (Å²) in [6.45, 7) is 0. The highest BCUT2D eigenvalue weighted by Gasteiger charge is 2.18. The molecule has 0 fully saturated rings. The lowest BCUT2D eigenvalue weighted by molar-refractivity contribution is 0.0602. The fourth-order valence-corrected chi connectivity index (χ4v) is 3.91. The van der Waals surface area contributed by atoms with Gasteiger partial charge < -0.3 is 14.6 Å². The van der Waals surface area contributed by atoms with Crippen LogP contribution in [0.25, 0.3) is 21.6 Å². The van der Waals surface area contributed by atoms with Crippen molar-refractivity contribution in [1.29, 1.82) is 0 Å². The van der Waals surface area contributed by atoms with Crippen LogP contribution in [0.5, 0.6) is 0 Å². The molecule has 0 spiro atoms. The zero-order chi connectivity index (χ0) is 19.7. The van der Waals surface area contributed by atoms with Crippen LogP contribution in [0.15, 0.2) is 60.0 Å². The number of hydrogen-bond acceptors (Lipinski definition) is 5. The fourth-order valence-electron chi connectivity index (χ4n) is 3.06. The molecule has 1 N–H and O–H groups in total. The van der Waals surface area contributed by atoms with E-state index in [-0.39, 0.29) is 5.91 Å². The molecular weight excluding hydrogens is 374 g/mol. The molecule has 4 aromatic rings. The van der Waals surface area contributed by atoms with E-state index >= 15 is 0 Å². The summed E-state index contributed by atoms with van der Waals surface area (Å²) in [5, 5.41) is 6.33. The van der Waals surface area contributed by atoms with Gasteiger partial charge in [0, 0.05) is 23.3 Å². The fraction of sp³-hybridized carbons (Fsp3) is 0.0952. The van der Waals surface area contributed by atoms with Gasteiger partial charge in [-0.1, -0.05) is 30.3 Å². The maximum absolute atomic E-state index is 12.7. The van der Waals surface area contributed by atoms with Gasteiger partial charge in [0.05, 0.1) is 24.1 Å². The molecule has 0 aliphatic rings. The van der Waals surface area contributed by atoms with Crippen LogP contribution in [-0.4, -0.2) is 28.5 Å². The molecule has 0 aliphatic carbocycles. The highest BCUT2D eigenvalue weighted by atomic mass is 32.1. The van der Waals surface area contributed by atoms with Gasteiger partial charge in [0.15, 0.2) is 0 Å². The maximum Gasteiger partial charge on any atom is 0.339 e. The number of esters is 1. The number of nitrogens with one attached hydrogen (secondary N) is 1. The number of aryl methyl sites for hydroxylation is 1. The number of anilines is 1. The van der Waals surface area contributed by atoms with E-state index in [4.69, 9.17) is 4.74 Å². The quantitative estimate of drug-likeness (QED) is 0.525. The van der Waals surface area contributed by atoms with Gasteiger partial charge in [0.25, 0.3) is 5.91 Å². The van der Waals surface area contributed by atoms with Gasteiger partial charge in [-0.15, -0.1) is 11.3 Å². The van der Waals surface area contributed by atoms with Crippen molar-refractivity contribution in [3.8, 4) is 10.7 Å². The number of hydrogen-bond donors (Lipinski definition) is 1. The number of thiazole rings is 1. The van der Waals surface area contributed by atoms with Crippen molar-refractivity contribution in [1.82, 2.24) is 9.55 Å². The number of methoxy groups -OCH3 is 1. The van der Waals surface area contributed by atoms with Gasteiger partial charge >= 0.3 is 5.97 Å². The van der Waals surface area contributed by atoms with E-state index in [2.05, 4.69) is 20.9 Å². The number of amides is 1. The van der Waals surface area contributed by atoms with Gasteiger partial charge in [0.1, 0.15) is 10.7 Å². The third kappa shape index (κ3) is 3.16. The van der Waals surface area contributed by atoms with E-state index in [0.29, 0.717) is 16.9 Å². The Balaban J connectivity index is 1.62. The van der Waals surface area contributed by atoms with Gasteiger partial charge in [-0.2, -0.15) is 0 Å². The molecule has 4 rings (SSSR count). The zero-order valence-corrected chi connectivity index (χ0v) is 16.1. The summed E-state index contributed by atoms with van der Waals surface area (Å²) >= 11 is 1.40. The predicted octanol–water partition coefficient (Wildman–Crippen LogP) is 4.34. The van der Waals surface area contributed by atoms with E-state index in [1.165, 1.54) is 18.4 Å². The number of fused-ring (bicyclic) bond motifs is 1. The molecule has 2 aromatic carbocycles. The predicted molar refractivity (Wildman–Crippen MR) is 110 cm³/mol. The first-order chi connectivity index (χ1) is 13.6. The summed E-state index contributed by atoms with van der Waals surface area (Å²) in [5.41, 5.74) is 3.02. The van der Waals surface area contributed by atoms with E-state index < -0.39 is 5.97 Å². The van der Waals surface area contributed by atoms with Crippen LogP contribution < -0.4 is 5.32 Å². The van der Waals surface area contributed by atoms with Crippen LogP contribution in [0.1, 0.15) is 20.8 Å². The van der Waals surface area contributed by atoms with Crippen LogP contribution >= 0.6 is 11.3 Å². The first-order valence-corrected chi connectivity index (χ1v) is 9.45. The van der Waals surface area contributed by atoms with E-state index in [1.54, 1.807) is 29.6 Å². The number of ether oxygens (including phenoxy) is 1. The average molecular weight is 391 g/mol. The monoisotopic (exact) mass is 391 g/mol. The van der Waals surface area contributed by atoms with Crippen LogP contribution in [0.4, 0.5) is 5.69 Å². The molecular formula is C21H17N3O3S. The SMILES string of the molecule is COC(=O)c1ccccc1NC(=O)c1csc(-c2cc3ccccc3n2C)n1. The number of carbonyl (C=O) groups excluding carboxylic acids is 2. The van der Waals surface area contributed by atoms with E-state index in [0.717, 1.165) is 21.6 Å². The van der Waals surface area contributed by atoms with E-state index in [1.807, 2.05) is 31.3 Å². The Morgan fingerprint density at radius 2 is 1.86 bits per heavy atom. The Bertz CT molecular complexity index is 1190. The molecule has 2 aromatic heterocycles. The Morgan fingerprint density at radius 3 is 2.64 bits per heavy atom. The minimum Gasteiger partial charge on any atom is -0.465 e. The van der Waals surface area contributed by atoms with Crippen molar-refractivity contribution in [2.75, 3.05) is 12.4 Å². The first kappa shape index (κ1) is 17.9. The van der Waals surface area contributed by atoms with Crippen molar-refractivity contribution in [3.63, 3.8) is 0 Å².